The van der Waals surface area contributed by atoms with Gasteiger partial charge in [-0.15, -0.1) is 0 Å². The van der Waals surface area contributed by atoms with Crippen LogP contribution in [0.4, 0.5) is 0 Å². The van der Waals surface area contributed by atoms with Gasteiger partial charge in [0.05, 0.1) is 11.8 Å². The fraction of sp³-hybridized carbons (Fsp3) is 0.500. The van der Waals surface area contributed by atoms with Crippen LogP contribution >= 0.6 is 11.6 Å². The number of amides is 2. The maximum absolute atomic E-state index is 11.7. The Kier molecular flexibility index (Phi) is 4.25. The quantitative estimate of drug-likeness (QED) is 0.905. The Morgan fingerprint density at radius 2 is 2.11 bits per heavy atom. The predicted octanol–water partition coefficient (Wildman–Crippen LogP) is 1.68. The van der Waals surface area contributed by atoms with Crippen LogP contribution in [0.2, 0.25) is 5.22 Å². The summed E-state index contributed by atoms with van der Waals surface area (Å²) in [4.78, 5) is 25.2. The second kappa shape index (κ2) is 5.91. The molecule has 1 N–H and O–H groups in total. The van der Waals surface area contributed by atoms with E-state index in [1.54, 1.807) is 0 Å². The lowest BCUT2D eigenvalue weighted by atomic mass is 10.3. The fourth-order valence-electron chi connectivity index (χ4n) is 1.96. The van der Waals surface area contributed by atoms with E-state index >= 15 is 0 Å². The van der Waals surface area contributed by atoms with Gasteiger partial charge in [-0.05, 0) is 30.5 Å². The van der Waals surface area contributed by atoms with Gasteiger partial charge < -0.3 is 14.6 Å². The first-order valence-electron chi connectivity index (χ1n) is 5.97. The van der Waals surface area contributed by atoms with Gasteiger partial charge in [-0.3, -0.25) is 9.59 Å². The van der Waals surface area contributed by atoms with Gasteiger partial charge in [0.25, 0.3) is 5.91 Å². The van der Waals surface area contributed by atoms with Crippen LogP contribution in [-0.4, -0.2) is 36.3 Å². The lowest BCUT2D eigenvalue weighted by Crippen LogP contribution is -2.32. The van der Waals surface area contributed by atoms with Gasteiger partial charge in [0.2, 0.25) is 11.1 Å². The van der Waals surface area contributed by atoms with Gasteiger partial charge >= 0.3 is 0 Å². The van der Waals surface area contributed by atoms with Gasteiger partial charge in [-0.25, -0.2) is 0 Å². The van der Waals surface area contributed by atoms with E-state index in [1.807, 2.05) is 4.90 Å². The second-order valence-electron chi connectivity index (χ2n) is 4.20. The van der Waals surface area contributed by atoms with Crippen molar-refractivity contribution in [3.05, 3.63) is 23.1 Å². The average molecular weight is 271 g/mol. The van der Waals surface area contributed by atoms with E-state index < -0.39 is 0 Å². The molecule has 98 valence electrons. The summed E-state index contributed by atoms with van der Waals surface area (Å²) in [6.45, 7) is 1.98. The molecule has 2 rings (SSSR count). The highest BCUT2D eigenvalue weighted by Crippen LogP contribution is 2.16. The van der Waals surface area contributed by atoms with Crippen LogP contribution in [0.15, 0.2) is 16.7 Å². The van der Waals surface area contributed by atoms with Crippen molar-refractivity contribution < 1.29 is 14.0 Å². The molecule has 2 heterocycles. The van der Waals surface area contributed by atoms with Gasteiger partial charge in [-0.2, -0.15) is 0 Å². The molecule has 0 unspecified atom stereocenters. The summed E-state index contributed by atoms with van der Waals surface area (Å²) >= 11 is 5.68. The molecule has 1 fully saturated rings. The summed E-state index contributed by atoms with van der Waals surface area (Å²) in [5.74, 6) is -0.228. The van der Waals surface area contributed by atoms with E-state index in [9.17, 15) is 9.59 Å². The van der Waals surface area contributed by atoms with Crippen LogP contribution in [0.1, 0.15) is 29.6 Å². The lowest BCUT2D eigenvalue weighted by Gasteiger charge is -2.14. The van der Waals surface area contributed by atoms with Crippen molar-refractivity contribution in [1.82, 2.24) is 10.2 Å². The van der Waals surface area contributed by atoms with Gasteiger partial charge in [-0.1, -0.05) is 0 Å². The summed E-state index contributed by atoms with van der Waals surface area (Å²) in [6, 6.07) is 1.50. The van der Waals surface area contributed by atoms with Crippen LogP contribution in [-0.2, 0) is 4.79 Å². The Morgan fingerprint density at radius 1 is 1.39 bits per heavy atom. The molecule has 1 saturated heterocycles. The normalized spacial score (nSPS) is 14.8. The molecule has 6 heteroatoms. The molecule has 5 nitrogen and oxygen atoms in total. The zero-order chi connectivity index (χ0) is 13.0. The molecule has 0 saturated carbocycles. The molecule has 0 aliphatic carbocycles. The Balaban J connectivity index is 1.73. The van der Waals surface area contributed by atoms with Crippen LogP contribution in [0.25, 0.3) is 0 Å². The number of nitrogens with one attached hydrogen (secondary N) is 1. The SMILES string of the molecule is O=C(NCCC(=O)N1CCCC1)c1ccoc1Cl. The standard InChI is InChI=1S/C12H15ClN2O3/c13-11-9(4-8-18-11)12(17)14-5-3-10(16)15-6-1-2-7-15/h4,8H,1-3,5-7H2,(H,14,17). The van der Waals surface area contributed by atoms with Crippen molar-refractivity contribution in [2.24, 2.45) is 0 Å². The molecule has 1 aliphatic heterocycles. The monoisotopic (exact) mass is 270 g/mol. The molecule has 1 aliphatic rings. The van der Waals surface area contributed by atoms with E-state index in [0.717, 1.165) is 25.9 Å². The number of furan rings is 1. The Morgan fingerprint density at radius 3 is 2.72 bits per heavy atom. The van der Waals surface area contributed by atoms with Crippen molar-refractivity contribution in [3.8, 4) is 0 Å². The van der Waals surface area contributed by atoms with Crippen LogP contribution in [0.5, 0.6) is 0 Å². The molecule has 1 aromatic rings. The van der Waals surface area contributed by atoms with E-state index in [-0.39, 0.29) is 17.0 Å². The smallest absolute Gasteiger partial charge is 0.256 e. The molecule has 0 radical (unpaired) electrons. The highest BCUT2D eigenvalue weighted by Gasteiger charge is 2.18. The Bertz CT molecular complexity index is 438. The molecule has 18 heavy (non-hydrogen) atoms. The Hall–Kier alpha value is -1.49. The van der Waals surface area contributed by atoms with Crippen LogP contribution in [0, 0.1) is 0 Å². The summed E-state index contributed by atoms with van der Waals surface area (Å²) < 4.78 is 4.82. The van der Waals surface area contributed by atoms with Crippen molar-refractivity contribution in [3.63, 3.8) is 0 Å². The van der Waals surface area contributed by atoms with Crippen molar-refractivity contribution in [1.29, 1.82) is 0 Å². The number of carbonyl (C=O) groups is 2. The molecule has 0 atom stereocenters. The summed E-state index contributed by atoms with van der Waals surface area (Å²) in [6.07, 6.45) is 3.82. The molecule has 1 aromatic heterocycles. The third-order valence-electron chi connectivity index (χ3n) is 2.95. The molecule has 2 amide bonds. The third-order valence-corrected chi connectivity index (χ3v) is 3.24. The molecular weight excluding hydrogens is 256 g/mol. The first-order chi connectivity index (χ1) is 8.68. The minimum atomic E-state index is -0.317. The molecule has 0 spiro atoms. The second-order valence-corrected chi connectivity index (χ2v) is 4.55. The predicted molar refractivity (Wildman–Crippen MR) is 66.5 cm³/mol. The molecular formula is C12H15ClN2O3. The van der Waals surface area contributed by atoms with E-state index in [4.69, 9.17) is 16.0 Å². The maximum atomic E-state index is 11.7. The zero-order valence-corrected chi connectivity index (χ0v) is 10.7. The van der Waals surface area contributed by atoms with Crippen LogP contribution < -0.4 is 5.32 Å². The zero-order valence-electron chi connectivity index (χ0n) is 9.95. The lowest BCUT2D eigenvalue weighted by molar-refractivity contribution is -0.129. The van der Waals surface area contributed by atoms with Gasteiger partial charge in [0.15, 0.2) is 0 Å². The minimum Gasteiger partial charge on any atom is -0.452 e. The maximum Gasteiger partial charge on any atom is 0.256 e. The number of hydrogen-bond acceptors (Lipinski definition) is 3. The van der Waals surface area contributed by atoms with Crippen LogP contribution in [0.3, 0.4) is 0 Å². The number of nitrogens with zero attached hydrogens (tertiary/aromatic N) is 1. The van der Waals surface area contributed by atoms with Crippen molar-refractivity contribution >= 4 is 23.4 Å². The van der Waals surface area contributed by atoms with Gasteiger partial charge in [0, 0.05) is 26.1 Å². The van der Waals surface area contributed by atoms with Crippen molar-refractivity contribution in [2.45, 2.75) is 19.3 Å². The van der Waals surface area contributed by atoms with E-state index in [1.165, 1.54) is 12.3 Å². The topological polar surface area (TPSA) is 62.6 Å². The molecule has 0 aromatic carbocycles. The summed E-state index contributed by atoms with van der Waals surface area (Å²) in [5.41, 5.74) is 0.297. The number of halogens is 1. The summed E-state index contributed by atoms with van der Waals surface area (Å²) in [7, 11) is 0. The first-order valence-corrected chi connectivity index (χ1v) is 6.35. The highest BCUT2D eigenvalue weighted by molar-refractivity contribution is 6.32. The first kappa shape index (κ1) is 13.0. The largest absolute Gasteiger partial charge is 0.452 e. The van der Waals surface area contributed by atoms with E-state index in [2.05, 4.69) is 5.32 Å². The van der Waals surface area contributed by atoms with Gasteiger partial charge in [0.1, 0.15) is 0 Å². The van der Waals surface area contributed by atoms with Crippen molar-refractivity contribution in [2.75, 3.05) is 19.6 Å². The number of rotatable bonds is 4. The number of likely N-dealkylation sites (tertiary alicyclic amines) is 1. The third kappa shape index (κ3) is 3.04. The highest BCUT2D eigenvalue weighted by atomic mass is 35.5. The summed E-state index contributed by atoms with van der Waals surface area (Å²) in [5, 5.41) is 2.72. The molecule has 0 bridgehead atoms. The minimum absolute atomic E-state index is 0.0679. The average Bonchev–Trinajstić information content (AvgIpc) is 2.99. The Labute approximate surface area is 110 Å². The van der Waals surface area contributed by atoms with E-state index in [0.29, 0.717) is 18.5 Å². The number of carbonyl (C=O) groups excluding carboxylic acids is 2. The fourth-order valence-corrected chi connectivity index (χ4v) is 2.16. The number of hydrogen-bond donors (Lipinski definition) is 1.